The van der Waals surface area contributed by atoms with Crippen molar-refractivity contribution in [2.75, 3.05) is 30.0 Å². The van der Waals surface area contributed by atoms with E-state index < -0.39 is 11.6 Å². The fourth-order valence-electron chi connectivity index (χ4n) is 1.32. The van der Waals surface area contributed by atoms with E-state index in [9.17, 15) is 8.78 Å². The average molecular weight is 272 g/mol. The summed E-state index contributed by atoms with van der Waals surface area (Å²) >= 11 is 1.60. The monoisotopic (exact) mass is 272 g/mol. The van der Waals surface area contributed by atoms with Crippen LogP contribution >= 0.6 is 11.8 Å². The smallest absolute Gasteiger partial charge is 0.150 e. The lowest BCUT2D eigenvalue weighted by Crippen LogP contribution is -2.08. The van der Waals surface area contributed by atoms with Crippen LogP contribution in [0.15, 0.2) is 12.1 Å². The number of thioether (sulfide) groups is 1. The van der Waals surface area contributed by atoms with Gasteiger partial charge in [0.05, 0.1) is 11.6 Å². The predicted octanol–water partition coefficient (Wildman–Crippen LogP) is 2.36. The first-order valence-corrected chi connectivity index (χ1v) is 6.66. The summed E-state index contributed by atoms with van der Waals surface area (Å²) in [5.74, 6) is -0.00566. The van der Waals surface area contributed by atoms with Crippen LogP contribution in [0.4, 0.5) is 14.5 Å². The molecule has 0 saturated carbocycles. The van der Waals surface area contributed by atoms with Crippen LogP contribution in [0, 0.1) is 23.0 Å². The lowest BCUT2D eigenvalue weighted by Gasteiger charge is -2.08. The van der Waals surface area contributed by atoms with E-state index in [0.29, 0.717) is 18.7 Å². The third kappa shape index (κ3) is 4.51. The number of nitrogens with one attached hydrogen (secondary N) is 1. The molecule has 0 unspecified atom stereocenters. The first-order chi connectivity index (χ1) is 8.69. The minimum Gasteiger partial charge on any atom is -0.396 e. The third-order valence-corrected chi connectivity index (χ3v) is 3.24. The van der Waals surface area contributed by atoms with E-state index in [-0.39, 0.29) is 17.9 Å². The summed E-state index contributed by atoms with van der Waals surface area (Å²) < 4.78 is 26.9. The van der Waals surface area contributed by atoms with Gasteiger partial charge in [-0.2, -0.15) is 17.0 Å². The Morgan fingerprint density at radius 3 is 2.50 bits per heavy atom. The van der Waals surface area contributed by atoms with Crippen LogP contribution in [0.1, 0.15) is 12.0 Å². The van der Waals surface area contributed by atoms with E-state index in [1.165, 1.54) is 0 Å². The molecule has 0 amide bonds. The zero-order valence-corrected chi connectivity index (χ0v) is 10.6. The maximum atomic E-state index is 13.4. The van der Waals surface area contributed by atoms with E-state index in [4.69, 9.17) is 10.4 Å². The molecular weight excluding hydrogens is 258 g/mol. The first-order valence-electron chi connectivity index (χ1n) is 5.50. The van der Waals surface area contributed by atoms with Crippen LogP contribution in [-0.2, 0) is 0 Å². The highest BCUT2D eigenvalue weighted by atomic mass is 32.2. The van der Waals surface area contributed by atoms with Crippen molar-refractivity contribution in [3.05, 3.63) is 29.3 Å². The van der Waals surface area contributed by atoms with E-state index >= 15 is 0 Å². The van der Waals surface area contributed by atoms with Crippen molar-refractivity contribution in [1.82, 2.24) is 0 Å². The second kappa shape index (κ2) is 7.90. The molecule has 0 aromatic heterocycles. The lowest BCUT2D eigenvalue weighted by atomic mass is 10.2. The number of hydrogen-bond donors (Lipinski definition) is 2. The van der Waals surface area contributed by atoms with Gasteiger partial charge in [-0.3, -0.25) is 0 Å². The summed E-state index contributed by atoms with van der Waals surface area (Å²) in [6.45, 7) is 0.579. The average Bonchev–Trinajstić information content (AvgIpc) is 2.35. The van der Waals surface area contributed by atoms with Crippen molar-refractivity contribution in [3.8, 4) is 6.07 Å². The van der Waals surface area contributed by atoms with E-state index in [0.717, 1.165) is 17.9 Å². The molecule has 0 spiro atoms. The molecule has 1 aromatic carbocycles. The van der Waals surface area contributed by atoms with Gasteiger partial charge in [-0.15, -0.1) is 0 Å². The standard InChI is InChI=1S/C12H14F2N2OS/c13-10-6-9(8-15)7-11(14)12(10)16-2-5-18-4-1-3-17/h6-7,16-17H,1-5H2. The minimum atomic E-state index is -0.757. The number of nitrogens with zero attached hydrogens (tertiary/aromatic N) is 1. The molecule has 1 rings (SSSR count). The van der Waals surface area contributed by atoms with E-state index in [1.54, 1.807) is 17.8 Å². The third-order valence-electron chi connectivity index (χ3n) is 2.17. The highest BCUT2D eigenvalue weighted by Crippen LogP contribution is 2.20. The molecule has 0 aliphatic heterocycles. The Kier molecular flexibility index (Phi) is 6.47. The molecule has 1 aromatic rings. The summed E-state index contributed by atoms with van der Waals surface area (Å²) in [5.41, 5.74) is -0.232. The molecule has 0 saturated heterocycles. The summed E-state index contributed by atoms with van der Waals surface area (Å²) in [7, 11) is 0. The van der Waals surface area contributed by atoms with Crippen LogP contribution in [0.5, 0.6) is 0 Å². The number of hydrogen-bond acceptors (Lipinski definition) is 4. The Hall–Kier alpha value is -1.32. The summed E-state index contributed by atoms with van der Waals surface area (Å²) in [5, 5.41) is 19.8. The van der Waals surface area contributed by atoms with Crippen molar-refractivity contribution < 1.29 is 13.9 Å². The zero-order valence-electron chi connectivity index (χ0n) is 9.75. The Bertz CT molecular complexity index is 412. The van der Waals surface area contributed by atoms with Gasteiger partial charge in [0.15, 0.2) is 11.6 Å². The molecule has 0 atom stereocenters. The first kappa shape index (κ1) is 14.7. The molecular formula is C12H14F2N2OS. The van der Waals surface area contributed by atoms with Crippen LogP contribution in [0.3, 0.4) is 0 Å². The quantitative estimate of drug-likeness (QED) is 0.748. The van der Waals surface area contributed by atoms with Crippen LogP contribution in [-0.4, -0.2) is 29.8 Å². The van der Waals surface area contributed by atoms with Gasteiger partial charge in [0.1, 0.15) is 5.69 Å². The number of nitriles is 1. The molecule has 3 nitrogen and oxygen atoms in total. The minimum absolute atomic E-state index is 0.0344. The Labute approximate surface area is 109 Å². The SMILES string of the molecule is N#Cc1cc(F)c(NCCSCCCO)c(F)c1. The maximum absolute atomic E-state index is 13.4. The molecule has 6 heteroatoms. The van der Waals surface area contributed by atoms with Gasteiger partial charge >= 0.3 is 0 Å². The Balaban J connectivity index is 2.45. The number of benzene rings is 1. The van der Waals surface area contributed by atoms with Crippen molar-refractivity contribution in [3.63, 3.8) is 0 Å². The number of rotatable bonds is 7. The topological polar surface area (TPSA) is 56.0 Å². The highest BCUT2D eigenvalue weighted by molar-refractivity contribution is 7.99. The second-order valence-corrected chi connectivity index (χ2v) is 4.77. The van der Waals surface area contributed by atoms with Crippen LogP contribution in [0.2, 0.25) is 0 Å². The van der Waals surface area contributed by atoms with Crippen LogP contribution in [0.25, 0.3) is 0 Å². The van der Waals surface area contributed by atoms with Gasteiger partial charge < -0.3 is 10.4 Å². The summed E-state index contributed by atoms with van der Waals surface area (Å²) in [6.07, 6.45) is 0.713. The molecule has 18 heavy (non-hydrogen) atoms. The van der Waals surface area contributed by atoms with Crippen molar-refractivity contribution in [1.29, 1.82) is 5.26 Å². The molecule has 0 radical (unpaired) electrons. The second-order valence-electron chi connectivity index (χ2n) is 3.54. The summed E-state index contributed by atoms with van der Waals surface area (Å²) in [4.78, 5) is 0. The molecule has 0 fully saturated rings. The molecule has 2 N–H and O–H groups in total. The number of anilines is 1. The largest absolute Gasteiger partial charge is 0.396 e. The Morgan fingerprint density at radius 2 is 1.94 bits per heavy atom. The summed E-state index contributed by atoms with van der Waals surface area (Å²) in [6, 6.07) is 3.70. The predicted molar refractivity (Wildman–Crippen MR) is 68.6 cm³/mol. The van der Waals surface area contributed by atoms with E-state index in [2.05, 4.69) is 5.32 Å². The van der Waals surface area contributed by atoms with E-state index in [1.807, 2.05) is 0 Å². The highest BCUT2D eigenvalue weighted by Gasteiger charge is 2.10. The lowest BCUT2D eigenvalue weighted by molar-refractivity contribution is 0.296. The molecule has 0 aliphatic rings. The molecule has 0 aliphatic carbocycles. The molecule has 0 bridgehead atoms. The fraction of sp³-hybridized carbons (Fsp3) is 0.417. The van der Waals surface area contributed by atoms with Gasteiger partial charge in [-0.25, -0.2) is 8.78 Å². The molecule has 0 heterocycles. The Morgan fingerprint density at radius 1 is 1.28 bits per heavy atom. The van der Waals surface area contributed by atoms with Gasteiger partial charge in [-0.1, -0.05) is 0 Å². The normalized spacial score (nSPS) is 10.1. The zero-order chi connectivity index (χ0) is 13.4. The van der Waals surface area contributed by atoms with Crippen molar-refractivity contribution in [2.45, 2.75) is 6.42 Å². The van der Waals surface area contributed by atoms with Gasteiger partial charge in [-0.05, 0) is 24.3 Å². The van der Waals surface area contributed by atoms with Crippen molar-refractivity contribution in [2.24, 2.45) is 0 Å². The van der Waals surface area contributed by atoms with Gasteiger partial charge in [0, 0.05) is 18.9 Å². The van der Waals surface area contributed by atoms with Crippen molar-refractivity contribution >= 4 is 17.4 Å². The molecule has 98 valence electrons. The van der Waals surface area contributed by atoms with Gasteiger partial charge in [0.2, 0.25) is 0 Å². The van der Waals surface area contributed by atoms with Crippen LogP contribution < -0.4 is 5.32 Å². The number of aliphatic hydroxyl groups excluding tert-OH is 1. The van der Waals surface area contributed by atoms with Gasteiger partial charge in [0.25, 0.3) is 0 Å². The number of halogens is 2. The fourth-order valence-corrected chi connectivity index (χ4v) is 2.11. The number of aliphatic hydroxyl groups is 1. The maximum Gasteiger partial charge on any atom is 0.150 e.